The van der Waals surface area contributed by atoms with Crippen molar-refractivity contribution in [3.63, 3.8) is 0 Å². The summed E-state index contributed by atoms with van der Waals surface area (Å²) in [6.45, 7) is 6.82. The molecule has 5 heteroatoms. The molecule has 2 atom stereocenters. The Bertz CT molecular complexity index is 279. The molecule has 0 radical (unpaired) electrons. The molecule has 0 aromatic heterocycles. The van der Waals surface area contributed by atoms with Crippen molar-refractivity contribution in [3.05, 3.63) is 0 Å². The largest absolute Gasteiger partial charge is 0.378 e. The predicted molar refractivity (Wildman–Crippen MR) is 60.3 cm³/mol. The van der Waals surface area contributed by atoms with Crippen LogP contribution < -0.4 is 0 Å². The molecule has 2 unspecified atom stereocenters. The van der Waals surface area contributed by atoms with E-state index in [1.807, 2.05) is 20.8 Å². The van der Waals surface area contributed by atoms with E-state index in [1.54, 1.807) is 4.31 Å². The highest BCUT2D eigenvalue weighted by Crippen LogP contribution is 2.18. The van der Waals surface area contributed by atoms with Crippen LogP contribution in [0, 0.1) is 0 Å². The Hall–Kier alpha value is -0.130. The number of unbranched alkanes of at least 4 members (excludes halogenated alkanes) is 1. The Morgan fingerprint density at radius 3 is 2.27 bits per heavy atom. The molecule has 0 bridgehead atoms. The SMILES string of the molecule is CCCCS(=O)(=O)N1C(C)COCC1C. The van der Waals surface area contributed by atoms with Crippen LogP contribution in [0.25, 0.3) is 0 Å². The van der Waals surface area contributed by atoms with E-state index in [2.05, 4.69) is 0 Å². The summed E-state index contributed by atoms with van der Waals surface area (Å²) >= 11 is 0. The lowest BCUT2D eigenvalue weighted by atomic mass is 10.2. The van der Waals surface area contributed by atoms with Gasteiger partial charge in [0.05, 0.1) is 19.0 Å². The number of ether oxygens (including phenoxy) is 1. The van der Waals surface area contributed by atoms with Gasteiger partial charge in [-0.1, -0.05) is 13.3 Å². The highest BCUT2D eigenvalue weighted by atomic mass is 32.2. The molecule has 1 aliphatic heterocycles. The van der Waals surface area contributed by atoms with E-state index >= 15 is 0 Å². The molecule has 0 saturated carbocycles. The standard InChI is InChI=1S/C10H21NO3S/c1-4-5-6-15(12,13)11-9(2)7-14-8-10(11)3/h9-10H,4-8H2,1-3H3. The molecular weight excluding hydrogens is 214 g/mol. The summed E-state index contributed by atoms with van der Waals surface area (Å²) in [6, 6.07) is -0.0637. The fourth-order valence-corrected chi connectivity index (χ4v) is 4.05. The summed E-state index contributed by atoms with van der Waals surface area (Å²) < 4.78 is 31.0. The molecule has 0 amide bonds. The van der Waals surface area contributed by atoms with Crippen molar-refractivity contribution in [2.24, 2.45) is 0 Å². The van der Waals surface area contributed by atoms with Gasteiger partial charge in [-0.25, -0.2) is 8.42 Å². The predicted octanol–water partition coefficient (Wildman–Crippen LogP) is 1.23. The number of morpholine rings is 1. The van der Waals surface area contributed by atoms with Crippen LogP contribution in [0.5, 0.6) is 0 Å². The second-order valence-corrected chi connectivity index (χ2v) is 6.23. The lowest BCUT2D eigenvalue weighted by Crippen LogP contribution is -2.53. The van der Waals surface area contributed by atoms with Gasteiger partial charge in [-0.2, -0.15) is 4.31 Å². The molecule has 1 saturated heterocycles. The first-order valence-corrected chi connectivity index (χ1v) is 7.19. The van der Waals surface area contributed by atoms with Gasteiger partial charge in [-0.05, 0) is 20.3 Å². The minimum Gasteiger partial charge on any atom is -0.378 e. The van der Waals surface area contributed by atoms with Gasteiger partial charge in [0.15, 0.2) is 0 Å². The van der Waals surface area contributed by atoms with Crippen LogP contribution in [0.4, 0.5) is 0 Å². The number of hydrogen-bond acceptors (Lipinski definition) is 3. The monoisotopic (exact) mass is 235 g/mol. The van der Waals surface area contributed by atoms with E-state index in [4.69, 9.17) is 4.74 Å². The first-order chi connectivity index (χ1) is 6.99. The maximum Gasteiger partial charge on any atom is 0.214 e. The van der Waals surface area contributed by atoms with Crippen molar-refractivity contribution in [1.29, 1.82) is 0 Å². The molecule has 0 aromatic carbocycles. The summed E-state index contributed by atoms with van der Waals surface area (Å²) in [5.41, 5.74) is 0. The van der Waals surface area contributed by atoms with Crippen LogP contribution >= 0.6 is 0 Å². The Balaban J connectivity index is 2.74. The third kappa shape index (κ3) is 3.16. The number of sulfonamides is 1. The van der Waals surface area contributed by atoms with Crippen molar-refractivity contribution < 1.29 is 13.2 Å². The van der Waals surface area contributed by atoms with Gasteiger partial charge in [0.1, 0.15) is 0 Å². The van der Waals surface area contributed by atoms with Gasteiger partial charge in [0.25, 0.3) is 0 Å². The lowest BCUT2D eigenvalue weighted by molar-refractivity contribution is 0.00637. The van der Waals surface area contributed by atoms with Gasteiger partial charge in [-0.3, -0.25) is 0 Å². The minimum atomic E-state index is -3.09. The second kappa shape index (κ2) is 5.27. The van der Waals surface area contributed by atoms with Crippen molar-refractivity contribution in [1.82, 2.24) is 4.31 Å². The summed E-state index contributed by atoms with van der Waals surface area (Å²) in [6.07, 6.45) is 1.64. The fourth-order valence-electron chi connectivity index (χ4n) is 1.97. The van der Waals surface area contributed by atoms with Crippen molar-refractivity contribution in [2.75, 3.05) is 19.0 Å². The van der Waals surface area contributed by atoms with Crippen molar-refractivity contribution in [3.8, 4) is 0 Å². The van der Waals surface area contributed by atoms with Gasteiger partial charge >= 0.3 is 0 Å². The molecule has 0 aliphatic carbocycles. The summed E-state index contributed by atoms with van der Waals surface area (Å²) in [5.74, 6) is 0.262. The van der Waals surface area contributed by atoms with E-state index in [-0.39, 0.29) is 17.8 Å². The molecule has 4 nitrogen and oxygen atoms in total. The lowest BCUT2D eigenvalue weighted by Gasteiger charge is -2.37. The summed E-state index contributed by atoms with van der Waals surface area (Å²) in [4.78, 5) is 0. The van der Waals surface area contributed by atoms with Crippen LogP contribution in [-0.2, 0) is 14.8 Å². The van der Waals surface area contributed by atoms with Crippen LogP contribution in [0.1, 0.15) is 33.6 Å². The second-order valence-electron chi connectivity index (χ2n) is 4.23. The van der Waals surface area contributed by atoms with Gasteiger partial charge < -0.3 is 4.74 Å². The first kappa shape index (κ1) is 12.9. The van der Waals surface area contributed by atoms with Crippen LogP contribution in [-0.4, -0.2) is 43.8 Å². The van der Waals surface area contributed by atoms with Crippen molar-refractivity contribution in [2.45, 2.75) is 45.7 Å². The smallest absolute Gasteiger partial charge is 0.214 e. The van der Waals surface area contributed by atoms with Gasteiger partial charge in [-0.15, -0.1) is 0 Å². The molecule has 0 N–H and O–H groups in total. The van der Waals surface area contributed by atoms with E-state index in [0.717, 1.165) is 12.8 Å². The Morgan fingerprint density at radius 2 is 1.80 bits per heavy atom. The quantitative estimate of drug-likeness (QED) is 0.736. The average molecular weight is 235 g/mol. The molecule has 1 fully saturated rings. The highest BCUT2D eigenvalue weighted by molar-refractivity contribution is 7.89. The van der Waals surface area contributed by atoms with Crippen LogP contribution in [0.15, 0.2) is 0 Å². The maximum atomic E-state index is 12.0. The zero-order valence-corrected chi connectivity index (χ0v) is 10.6. The molecule has 15 heavy (non-hydrogen) atoms. The molecule has 0 aromatic rings. The topological polar surface area (TPSA) is 46.6 Å². The van der Waals surface area contributed by atoms with Crippen LogP contribution in [0.3, 0.4) is 0 Å². The Kier molecular flexibility index (Phi) is 4.55. The van der Waals surface area contributed by atoms with E-state index in [1.165, 1.54) is 0 Å². The highest BCUT2D eigenvalue weighted by Gasteiger charge is 2.34. The molecular formula is C10H21NO3S. The zero-order chi connectivity index (χ0) is 11.5. The molecule has 1 aliphatic rings. The minimum absolute atomic E-state index is 0.0318. The van der Waals surface area contributed by atoms with E-state index in [9.17, 15) is 8.42 Å². The number of nitrogens with zero attached hydrogens (tertiary/aromatic N) is 1. The summed E-state index contributed by atoms with van der Waals surface area (Å²) in [7, 11) is -3.09. The van der Waals surface area contributed by atoms with Gasteiger partial charge in [0.2, 0.25) is 10.0 Å². The number of hydrogen-bond donors (Lipinski definition) is 0. The molecule has 1 heterocycles. The third-order valence-corrected chi connectivity index (χ3v) is 4.83. The van der Waals surface area contributed by atoms with E-state index in [0.29, 0.717) is 13.2 Å². The summed E-state index contributed by atoms with van der Waals surface area (Å²) in [5, 5.41) is 0. The normalized spacial score (nSPS) is 29.3. The van der Waals surface area contributed by atoms with Crippen LogP contribution in [0.2, 0.25) is 0 Å². The average Bonchev–Trinajstić information content (AvgIpc) is 2.14. The fraction of sp³-hybridized carbons (Fsp3) is 1.00. The first-order valence-electron chi connectivity index (χ1n) is 5.58. The Morgan fingerprint density at radius 1 is 1.27 bits per heavy atom. The zero-order valence-electron chi connectivity index (χ0n) is 9.77. The molecule has 1 rings (SSSR count). The third-order valence-electron chi connectivity index (χ3n) is 2.66. The van der Waals surface area contributed by atoms with E-state index < -0.39 is 10.0 Å². The molecule has 90 valence electrons. The van der Waals surface area contributed by atoms with Gasteiger partial charge in [0, 0.05) is 12.1 Å². The molecule has 0 spiro atoms. The number of rotatable bonds is 4. The maximum absolute atomic E-state index is 12.0. The Labute approximate surface area is 92.7 Å². The van der Waals surface area contributed by atoms with Crippen molar-refractivity contribution >= 4 is 10.0 Å².